The Labute approximate surface area is 225 Å². The molecule has 2 amide bonds. The SMILES string of the molecule is O=C(NCCc1ccc(S(=O)(=O)NC(=O)c2ccc(C(=O)OCc3ccccc3)nc2)cc1)c1ccccc1. The number of carbonyl (C=O) groups excluding carboxylic acids is 3. The smallest absolute Gasteiger partial charge is 0.357 e. The van der Waals surface area contributed by atoms with Gasteiger partial charge in [-0.05, 0) is 53.9 Å². The molecule has 0 unspecified atom stereocenters. The minimum Gasteiger partial charge on any atom is -0.456 e. The molecule has 3 aromatic carbocycles. The van der Waals surface area contributed by atoms with E-state index in [0.29, 0.717) is 18.5 Å². The van der Waals surface area contributed by atoms with E-state index in [0.717, 1.165) is 17.3 Å². The molecule has 0 atom stereocenters. The summed E-state index contributed by atoms with van der Waals surface area (Å²) in [5, 5.41) is 2.81. The minimum absolute atomic E-state index is 0.0131. The number of nitrogens with zero attached hydrogens (tertiary/aromatic N) is 1. The number of benzene rings is 3. The first-order valence-electron chi connectivity index (χ1n) is 12.0. The van der Waals surface area contributed by atoms with E-state index in [9.17, 15) is 22.8 Å². The van der Waals surface area contributed by atoms with Crippen molar-refractivity contribution < 1.29 is 27.5 Å². The molecule has 1 heterocycles. The van der Waals surface area contributed by atoms with Gasteiger partial charge in [-0.2, -0.15) is 0 Å². The number of esters is 1. The molecule has 2 N–H and O–H groups in total. The highest BCUT2D eigenvalue weighted by Crippen LogP contribution is 2.13. The molecule has 0 bridgehead atoms. The Morgan fingerprint density at radius 3 is 2.03 bits per heavy atom. The number of hydrogen-bond acceptors (Lipinski definition) is 7. The van der Waals surface area contributed by atoms with Crippen molar-refractivity contribution in [2.24, 2.45) is 0 Å². The fourth-order valence-corrected chi connectivity index (χ4v) is 4.51. The van der Waals surface area contributed by atoms with Crippen LogP contribution in [0.15, 0.2) is 108 Å². The maximum absolute atomic E-state index is 12.7. The Balaban J connectivity index is 1.28. The molecule has 10 heteroatoms. The largest absolute Gasteiger partial charge is 0.456 e. The van der Waals surface area contributed by atoms with E-state index in [2.05, 4.69) is 10.3 Å². The molecule has 0 saturated heterocycles. The number of rotatable bonds is 10. The number of amides is 2. The molecule has 4 rings (SSSR count). The highest BCUT2D eigenvalue weighted by molar-refractivity contribution is 7.90. The Hall–Kier alpha value is -4.83. The van der Waals surface area contributed by atoms with Crippen LogP contribution in [-0.4, -0.2) is 37.7 Å². The van der Waals surface area contributed by atoms with Crippen LogP contribution in [0.2, 0.25) is 0 Å². The third-order valence-corrected chi connectivity index (χ3v) is 6.99. The normalized spacial score (nSPS) is 10.9. The number of hydrogen-bond donors (Lipinski definition) is 2. The summed E-state index contributed by atoms with van der Waals surface area (Å²) >= 11 is 0. The van der Waals surface area contributed by atoms with Crippen LogP contribution in [0.4, 0.5) is 0 Å². The standard InChI is InChI=1S/C29H25N3O6S/c33-27(23-9-5-2-6-10-23)30-18-17-21-11-14-25(15-12-21)39(36,37)32-28(34)24-13-16-26(31-19-24)29(35)38-20-22-7-3-1-4-8-22/h1-16,19H,17-18,20H2,(H,30,33)(H,32,34). The summed E-state index contributed by atoms with van der Waals surface area (Å²) in [5.41, 5.74) is 2.13. The molecule has 198 valence electrons. The third kappa shape index (κ3) is 7.59. The zero-order valence-electron chi connectivity index (χ0n) is 20.7. The third-order valence-electron chi connectivity index (χ3n) is 5.64. The average molecular weight is 544 g/mol. The molecule has 0 spiro atoms. The molecule has 0 saturated carbocycles. The summed E-state index contributed by atoms with van der Waals surface area (Å²) in [6.07, 6.45) is 1.61. The summed E-state index contributed by atoms with van der Waals surface area (Å²) in [4.78, 5) is 40.7. The first kappa shape index (κ1) is 27.2. The Kier molecular flexibility index (Phi) is 8.80. The van der Waals surface area contributed by atoms with Crippen molar-refractivity contribution in [2.75, 3.05) is 6.54 Å². The van der Waals surface area contributed by atoms with Crippen LogP contribution in [0.5, 0.6) is 0 Å². The lowest BCUT2D eigenvalue weighted by molar-refractivity contribution is 0.0465. The minimum atomic E-state index is -4.15. The van der Waals surface area contributed by atoms with E-state index in [4.69, 9.17) is 4.74 Å². The van der Waals surface area contributed by atoms with E-state index in [1.54, 1.807) is 36.4 Å². The number of sulfonamides is 1. The van der Waals surface area contributed by atoms with Crippen molar-refractivity contribution >= 4 is 27.8 Å². The summed E-state index contributed by atoms with van der Waals surface area (Å²) in [6.45, 7) is 0.447. The molecule has 1 aromatic heterocycles. The van der Waals surface area contributed by atoms with Crippen LogP contribution in [0.3, 0.4) is 0 Å². The molecule has 0 fully saturated rings. The molecule has 0 aliphatic heterocycles. The van der Waals surface area contributed by atoms with Gasteiger partial charge in [-0.3, -0.25) is 9.59 Å². The number of carbonyl (C=O) groups is 3. The van der Waals surface area contributed by atoms with Crippen LogP contribution in [-0.2, 0) is 27.8 Å². The molecule has 0 aliphatic carbocycles. The zero-order valence-corrected chi connectivity index (χ0v) is 21.6. The highest BCUT2D eigenvalue weighted by Gasteiger charge is 2.20. The molecule has 9 nitrogen and oxygen atoms in total. The lowest BCUT2D eigenvalue weighted by Gasteiger charge is -2.09. The monoisotopic (exact) mass is 543 g/mol. The van der Waals surface area contributed by atoms with Crippen molar-refractivity contribution in [3.05, 3.63) is 131 Å². The van der Waals surface area contributed by atoms with Crippen LogP contribution in [0.25, 0.3) is 0 Å². The van der Waals surface area contributed by atoms with Gasteiger partial charge in [0.05, 0.1) is 10.5 Å². The Morgan fingerprint density at radius 2 is 1.38 bits per heavy atom. The van der Waals surface area contributed by atoms with Gasteiger partial charge >= 0.3 is 5.97 Å². The average Bonchev–Trinajstić information content (AvgIpc) is 2.97. The number of nitrogens with one attached hydrogen (secondary N) is 2. The van der Waals surface area contributed by atoms with Gasteiger partial charge in [-0.15, -0.1) is 0 Å². The summed E-state index contributed by atoms with van der Waals surface area (Å²) in [5.74, 6) is -1.75. The quantitative estimate of drug-likeness (QED) is 0.293. The van der Waals surface area contributed by atoms with Gasteiger partial charge in [-0.25, -0.2) is 22.9 Å². The number of ether oxygens (including phenoxy) is 1. The second-order valence-electron chi connectivity index (χ2n) is 8.44. The second-order valence-corrected chi connectivity index (χ2v) is 10.1. The summed E-state index contributed by atoms with van der Waals surface area (Å²) in [7, 11) is -4.15. The van der Waals surface area contributed by atoms with Crippen molar-refractivity contribution in [2.45, 2.75) is 17.9 Å². The van der Waals surface area contributed by atoms with E-state index < -0.39 is 21.9 Å². The maximum Gasteiger partial charge on any atom is 0.357 e. The fourth-order valence-electron chi connectivity index (χ4n) is 3.53. The van der Waals surface area contributed by atoms with Gasteiger partial charge in [0.15, 0.2) is 0 Å². The van der Waals surface area contributed by atoms with Crippen LogP contribution < -0.4 is 10.0 Å². The Morgan fingerprint density at radius 1 is 0.718 bits per heavy atom. The lowest BCUT2D eigenvalue weighted by atomic mass is 10.1. The maximum atomic E-state index is 12.7. The number of aromatic nitrogens is 1. The van der Waals surface area contributed by atoms with Crippen LogP contribution in [0.1, 0.15) is 42.3 Å². The first-order chi connectivity index (χ1) is 18.8. The second kappa shape index (κ2) is 12.6. The van der Waals surface area contributed by atoms with Crippen molar-refractivity contribution in [1.29, 1.82) is 0 Å². The van der Waals surface area contributed by atoms with E-state index in [-0.39, 0.29) is 28.7 Å². The van der Waals surface area contributed by atoms with Gasteiger partial charge < -0.3 is 10.1 Å². The molecular weight excluding hydrogens is 518 g/mol. The molecular formula is C29H25N3O6S. The van der Waals surface area contributed by atoms with Gasteiger partial charge in [0, 0.05) is 18.3 Å². The van der Waals surface area contributed by atoms with Gasteiger partial charge in [0.1, 0.15) is 12.3 Å². The highest BCUT2D eigenvalue weighted by atomic mass is 32.2. The topological polar surface area (TPSA) is 132 Å². The fraction of sp³-hybridized carbons (Fsp3) is 0.103. The summed E-state index contributed by atoms with van der Waals surface area (Å²) < 4.78 is 32.6. The van der Waals surface area contributed by atoms with E-state index in [1.165, 1.54) is 24.3 Å². The predicted molar refractivity (Wildman–Crippen MR) is 143 cm³/mol. The number of pyridine rings is 1. The Bertz CT molecular complexity index is 1540. The first-order valence-corrected chi connectivity index (χ1v) is 13.5. The van der Waals surface area contributed by atoms with Crippen molar-refractivity contribution in [1.82, 2.24) is 15.0 Å². The van der Waals surface area contributed by atoms with E-state index in [1.807, 2.05) is 41.1 Å². The van der Waals surface area contributed by atoms with Crippen molar-refractivity contribution in [3.63, 3.8) is 0 Å². The lowest BCUT2D eigenvalue weighted by Crippen LogP contribution is -2.30. The van der Waals surface area contributed by atoms with Gasteiger partial charge in [0.25, 0.3) is 21.8 Å². The molecule has 0 radical (unpaired) electrons. The summed E-state index contributed by atoms with van der Waals surface area (Å²) in [6, 6.07) is 26.5. The predicted octanol–water partition coefficient (Wildman–Crippen LogP) is 3.53. The van der Waals surface area contributed by atoms with Gasteiger partial charge in [0.2, 0.25) is 0 Å². The van der Waals surface area contributed by atoms with E-state index >= 15 is 0 Å². The van der Waals surface area contributed by atoms with Gasteiger partial charge in [-0.1, -0.05) is 60.7 Å². The van der Waals surface area contributed by atoms with Crippen LogP contribution >= 0.6 is 0 Å². The van der Waals surface area contributed by atoms with Crippen LogP contribution in [0, 0.1) is 0 Å². The van der Waals surface area contributed by atoms with Crippen molar-refractivity contribution in [3.8, 4) is 0 Å². The zero-order chi connectivity index (χ0) is 27.7. The molecule has 39 heavy (non-hydrogen) atoms. The molecule has 4 aromatic rings. The molecule has 0 aliphatic rings.